The van der Waals surface area contributed by atoms with Crippen LogP contribution in [0.2, 0.25) is 0 Å². The average molecular weight is 271 g/mol. The maximum absolute atomic E-state index is 5.46. The Morgan fingerprint density at radius 3 is 2.30 bits per heavy atom. The van der Waals surface area contributed by atoms with Gasteiger partial charge in [0.15, 0.2) is 0 Å². The number of benzene rings is 1. The Bertz CT molecular complexity index is 456. The van der Waals surface area contributed by atoms with E-state index >= 15 is 0 Å². The van der Waals surface area contributed by atoms with Crippen LogP contribution in [0.25, 0.3) is 0 Å². The van der Waals surface area contributed by atoms with Gasteiger partial charge < -0.3 is 10.1 Å². The van der Waals surface area contributed by atoms with Crippen molar-refractivity contribution < 1.29 is 4.74 Å². The molecule has 1 N–H and O–H groups in total. The Balaban J connectivity index is 1.45. The minimum absolute atomic E-state index is 0.757. The van der Waals surface area contributed by atoms with E-state index < -0.39 is 0 Å². The lowest BCUT2D eigenvalue weighted by Gasteiger charge is -2.54. The fourth-order valence-corrected chi connectivity index (χ4v) is 5.34. The highest BCUT2D eigenvalue weighted by atomic mass is 16.5. The smallest absolute Gasteiger partial charge is 0.123 e. The van der Waals surface area contributed by atoms with Crippen molar-refractivity contribution in [3.63, 3.8) is 0 Å². The Morgan fingerprint density at radius 1 is 1.00 bits per heavy atom. The number of rotatable bonds is 4. The molecule has 0 spiro atoms. The molecule has 20 heavy (non-hydrogen) atoms. The highest BCUT2D eigenvalue weighted by molar-refractivity contribution is 5.33. The van der Waals surface area contributed by atoms with Gasteiger partial charge in [-0.3, -0.25) is 0 Å². The number of hydrogen-bond donors (Lipinski definition) is 1. The highest BCUT2D eigenvalue weighted by Gasteiger charge is 2.47. The van der Waals surface area contributed by atoms with Crippen LogP contribution in [0.4, 0.5) is 0 Å². The van der Waals surface area contributed by atoms with Gasteiger partial charge in [0.25, 0.3) is 0 Å². The van der Waals surface area contributed by atoms with E-state index in [0.29, 0.717) is 0 Å². The normalized spacial score (nSPS) is 38.1. The Labute approximate surface area is 121 Å². The molecule has 2 nitrogen and oxygen atoms in total. The molecule has 0 aromatic heterocycles. The highest BCUT2D eigenvalue weighted by Crippen LogP contribution is 2.53. The molecule has 0 heterocycles. The van der Waals surface area contributed by atoms with Gasteiger partial charge in [0.1, 0.15) is 5.75 Å². The summed E-state index contributed by atoms with van der Waals surface area (Å²) in [7, 11) is 1.77. The van der Waals surface area contributed by atoms with Crippen LogP contribution in [-0.4, -0.2) is 13.2 Å². The second-order valence-corrected chi connectivity index (χ2v) is 7.15. The molecule has 0 radical (unpaired) electrons. The molecule has 108 valence electrons. The Hall–Kier alpha value is -1.02. The van der Waals surface area contributed by atoms with Crippen LogP contribution in [0, 0.1) is 23.7 Å². The van der Waals surface area contributed by atoms with Crippen molar-refractivity contribution >= 4 is 0 Å². The molecule has 4 aliphatic carbocycles. The number of para-hydroxylation sites is 1. The van der Waals surface area contributed by atoms with E-state index in [9.17, 15) is 0 Å². The summed E-state index contributed by atoms with van der Waals surface area (Å²) in [4.78, 5) is 0. The summed E-state index contributed by atoms with van der Waals surface area (Å²) in [5.41, 5.74) is 1.30. The molecule has 4 fully saturated rings. The number of methoxy groups -OCH3 is 1. The lowest BCUT2D eigenvalue weighted by atomic mass is 9.54. The summed E-state index contributed by atoms with van der Waals surface area (Å²) in [6.07, 6.45) is 7.46. The van der Waals surface area contributed by atoms with Crippen LogP contribution < -0.4 is 10.1 Å². The summed E-state index contributed by atoms with van der Waals surface area (Å²) in [5, 5.41) is 3.88. The second-order valence-electron chi connectivity index (χ2n) is 7.15. The van der Waals surface area contributed by atoms with E-state index in [4.69, 9.17) is 4.74 Å². The third kappa shape index (κ3) is 2.14. The second kappa shape index (κ2) is 5.07. The number of hydrogen-bond acceptors (Lipinski definition) is 2. The maximum atomic E-state index is 5.46. The van der Waals surface area contributed by atoms with Crippen LogP contribution in [0.1, 0.15) is 37.7 Å². The molecule has 1 aromatic rings. The van der Waals surface area contributed by atoms with Crippen LogP contribution in [-0.2, 0) is 6.54 Å². The van der Waals surface area contributed by atoms with E-state index in [1.54, 1.807) is 7.11 Å². The first kappa shape index (κ1) is 12.7. The summed E-state index contributed by atoms with van der Waals surface area (Å²) < 4.78 is 5.46. The number of nitrogens with one attached hydrogen (secondary N) is 1. The summed E-state index contributed by atoms with van der Waals surface area (Å²) in [5.74, 6) is 5.02. The lowest BCUT2D eigenvalue weighted by Crippen LogP contribution is -2.54. The molecule has 2 heteroatoms. The largest absolute Gasteiger partial charge is 0.496 e. The summed E-state index contributed by atoms with van der Waals surface area (Å²) in [6.45, 7) is 0.955. The first-order chi connectivity index (χ1) is 9.83. The van der Waals surface area contributed by atoms with Crippen molar-refractivity contribution in [2.45, 2.75) is 44.7 Å². The van der Waals surface area contributed by atoms with Crippen molar-refractivity contribution in [2.24, 2.45) is 23.7 Å². The molecule has 1 aromatic carbocycles. The van der Waals surface area contributed by atoms with Gasteiger partial charge in [-0.2, -0.15) is 0 Å². The average Bonchev–Trinajstić information content (AvgIpc) is 2.46. The van der Waals surface area contributed by atoms with Gasteiger partial charge >= 0.3 is 0 Å². The predicted octanol–water partition coefficient (Wildman–Crippen LogP) is 3.61. The van der Waals surface area contributed by atoms with Crippen LogP contribution in [0.5, 0.6) is 5.75 Å². The third-order valence-corrected chi connectivity index (χ3v) is 5.95. The van der Waals surface area contributed by atoms with Gasteiger partial charge in [-0.1, -0.05) is 18.2 Å². The van der Waals surface area contributed by atoms with E-state index in [1.807, 2.05) is 6.07 Å². The van der Waals surface area contributed by atoms with E-state index in [1.165, 1.54) is 37.7 Å². The van der Waals surface area contributed by atoms with Crippen molar-refractivity contribution in [2.75, 3.05) is 7.11 Å². The van der Waals surface area contributed by atoms with Crippen molar-refractivity contribution in [3.05, 3.63) is 29.8 Å². The molecule has 4 aliphatic rings. The van der Waals surface area contributed by atoms with Gasteiger partial charge in [-0.25, -0.2) is 0 Å². The fourth-order valence-electron chi connectivity index (χ4n) is 5.34. The minimum Gasteiger partial charge on any atom is -0.496 e. The van der Waals surface area contributed by atoms with Crippen molar-refractivity contribution in [1.82, 2.24) is 5.32 Å². The molecular weight excluding hydrogens is 246 g/mol. The summed E-state index contributed by atoms with van der Waals surface area (Å²) >= 11 is 0. The SMILES string of the molecule is COc1ccccc1CNC1C2CC3CC(C2)CC1C3. The molecule has 0 amide bonds. The lowest BCUT2D eigenvalue weighted by molar-refractivity contribution is -0.0143. The first-order valence-electron chi connectivity index (χ1n) is 8.18. The van der Waals surface area contributed by atoms with Crippen LogP contribution in [0.15, 0.2) is 24.3 Å². The summed E-state index contributed by atoms with van der Waals surface area (Å²) in [6, 6.07) is 9.16. The number of ether oxygens (including phenoxy) is 1. The van der Waals surface area contributed by atoms with E-state index in [2.05, 4.69) is 23.5 Å². The minimum atomic E-state index is 0.757. The zero-order valence-electron chi connectivity index (χ0n) is 12.3. The van der Waals surface area contributed by atoms with Gasteiger partial charge in [0.2, 0.25) is 0 Å². The molecule has 0 saturated heterocycles. The van der Waals surface area contributed by atoms with E-state index in [0.717, 1.165) is 42.0 Å². The maximum Gasteiger partial charge on any atom is 0.123 e. The topological polar surface area (TPSA) is 21.3 Å². The zero-order valence-corrected chi connectivity index (χ0v) is 12.3. The first-order valence-corrected chi connectivity index (χ1v) is 8.18. The van der Waals surface area contributed by atoms with Gasteiger partial charge in [0.05, 0.1) is 7.11 Å². The molecule has 4 bridgehead atoms. The third-order valence-electron chi connectivity index (χ3n) is 5.95. The molecule has 0 unspecified atom stereocenters. The molecule has 5 rings (SSSR count). The zero-order chi connectivity index (χ0) is 13.5. The van der Waals surface area contributed by atoms with Crippen LogP contribution in [0.3, 0.4) is 0 Å². The molecule has 0 atom stereocenters. The molecule has 0 aliphatic heterocycles. The molecule has 4 saturated carbocycles. The predicted molar refractivity (Wildman–Crippen MR) is 80.7 cm³/mol. The quantitative estimate of drug-likeness (QED) is 0.903. The Morgan fingerprint density at radius 2 is 1.65 bits per heavy atom. The monoisotopic (exact) mass is 271 g/mol. The van der Waals surface area contributed by atoms with E-state index in [-0.39, 0.29) is 0 Å². The van der Waals surface area contributed by atoms with Crippen LogP contribution >= 0.6 is 0 Å². The van der Waals surface area contributed by atoms with Crippen molar-refractivity contribution in [1.29, 1.82) is 0 Å². The molecular formula is C18H25NO. The standard InChI is InChI=1S/C18H25NO/c1-20-17-5-3-2-4-14(17)11-19-18-15-7-12-6-13(9-15)10-16(18)8-12/h2-5,12-13,15-16,18-19H,6-11H2,1H3. The van der Waals surface area contributed by atoms with Crippen molar-refractivity contribution in [3.8, 4) is 5.75 Å². The fraction of sp³-hybridized carbons (Fsp3) is 0.667. The van der Waals surface area contributed by atoms with Gasteiger partial charge in [-0.05, 0) is 61.8 Å². The van der Waals surface area contributed by atoms with Gasteiger partial charge in [0, 0.05) is 18.2 Å². The Kier molecular flexibility index (Phi) is 3.22. The van der Waals surface area contributed by atoms with Gasteiger partial charge in [-0.15, -0.1) is 0 Å².